The number of carbonyl (C=O) groups is 2. The second kappa shape index (κ2) is 12.5. The Morgan fingerprint density at radius 1 is 1.14 bits per heavy atom. The predicted molar refractivity (Wildman–Crippen MR) is 137 cm³/mol. The van der Waals surface area contributed by atoms with Gasteiger partial charge in [-0.3, -0.25) is 9.59 Å². The largest absolute Gasteiger partial charge is 0.490 e. The second-order valence-corrected chi connectivity index (χ2v) is 8.33. The first-order chi connectivity index (χ1) is 17.3. The number of amides is 2. The SMILES string of the molecule is CCOc1cc(/C=N/NC(=O)c2ccc(C#N)cc2F)cc(Br)c1OCC(=O)Nc1ccc(C)cc1. The number of benzene rings is 3. The van der Waals surface area contributed by atoms with Crippen LogP contribution in [0.2, 0.25) is 0 Å². The molecule has 0 aliphatic rings. The van der Waals surface area contributed by atoms with Gasteiger partial charge in [-0.15, -0.1) is 0 Å². The van der Waals surface area contributed by atoms with Crippen molar-refractivity contribution in [2.24, 2.45) is 5.10 Å². The van der Waals surface area contributed by atoms with E-state index in [-0.39, 0.29) is 23.6 Å². The minimum Gasteiger partial charge on any atom is -0.490 e. The number of carbonyl (C=O) groups excluding carboxylic acids is 2. The van der Waals surface area contributed by atoms with E-state index in [4.69, 9.17) is 14.7 Å². The van der Waals surface area contributed by atoms with Crippen LogP contribution in [0, 0.1) is 24.1 Å². The fourth-order valence-electron chi connectivity index (χ4n) is 3.03. The molecule has 0 saturated heterocycles. The molecule has 0 unspecified atom stereocenters. The van der Waals surface area contributed by atoms with Gasteiger partial charge >= 0.3 is 0 Å². The van der Waals surface area contributed by atoms with Crippen LogP contribution in [0.3, 0.4) is 0 Å². The molecule has 0 saturated carbocycles. The maximum Gasteiger partial charge on any atom is 0.274 e. The average molecular weight is 553 g/mol. The summed E-state index contributed by atoms with van der Waals surface area (Å²) in [4.78, 5) is 24.5. The van der Waals surface area contributed by atoms with E-state index in [0.717, 1.165) is 11.6 Å². The highest BCUT2D eigenvalue weighted by atomic mass is 79.9. The van der Waals surface area contributed by atoms with Crippen LogP contribution in [0.5, 0.6) is 11.5 Å². The minimum atomic E-state index is -0.823. The number of rotatable bonds is 9. The molecule has 0 aromatic heterocycles. The lowest BCUT2D eigenvalue weighted by atomic mass is 10.1. The van der Waals surface area contributed by atoms with E-state index in [1.165, 1.54) is 18.3 Å². The second-order valence-electron chi connectivity index (χ2n) is 7.47. The molecule has 0 fully saturated rings. The van der Waals surface area contributed by atoms with Crippen LogP contribution in [0.1, 0.15) is 34.0 Å². The number of hydrogen-bond acceptors (Lipinski definition) is 6. The summed E-state index contributed by atoms with van der Waals surface area (Å²) in [7, 11) is 0. The summed E-state index contributed by atoms with van der Waals surface area (Å²) < 4.78 is 25.9. The highest BCUT2D eigenvalue weighted by Gasteiger charge is 2.15. The first kappa shape index (κ1) is 26.4. The molecule has 0 aliphatic heterocycles. The van der Waals surface area contributed by atoms with Crippen molar-refractivity contribution in [3.63, 3.8) is 0 Å². The smallest absolute Gasteiger partial charge is 0.274 e. The molecular weight excluding hydrogens is 531 g/mol. The number of halogens is 2. The third kappa shape index (κ3) is 7.13. The Kier molecular flexibility index (Phi) is 9.13. The Morgan fingerprint density at radius 3 is 2.56 bits per heavy atom. The van der Waals surface area contributed by atoms with E-state index in [2.05, 4.69) is 31.8 Å². The minimum absolute atomic E-state index is 0.107. The molecule has 2 amide bonds. The van der Waals surface area contributed by atoms with E-state index in [1.807, 2.05) is 19.1 Å². The molecular formula is C26H22BrFN4O4. The summed E-state index contributed by atoms with van der Waals surface area (Å²) in [5, 5.41) is 15.4. The lowest BCUT2D eigenvalue weighted by Gasteiger charge is -2.14. The van der Waals surface area contributed by atoms with Gasteiger partial charge in [0.1, 0.15) is 5.82 Å². The molecule has 0 aliphatic carbocycles. The van der Waals surface area contributed by atoms with E-state index in [1.54, 1.807) is 37.3 Å². The van der Waals surface area contributed by atoms with Crippen molar-refractivity contribution in [2.45, 2.75) is 13.8 Å². The molecule has 10 heteroatoms. The standard InChI is InChI=1S/C26H22BrFN4O4/c1-3-35-23-12-18(14-30-32-26(34)20-9-6-17(13-29)11-22(20)28)10-21(27)25(23)36-15-24(33)31-19-7-4-16(2)5-8-19/h4-12,14H,3,15H2,1-2H3,(H,31,33)(H,32,34)/b30-14+. The van der Waals surface area contributed by atoms with Crippen molar-refractivity contribution in [2.75, 3.05) is 18.5 Å². The summed E-state index contributed by atoms with van der Waals surface area (Å²) in [5.41, 5.74) is 4.40. The number of aryl methyl sites for hydroxylation is 1. The van der Waals surface area contributed by atoms with Gasteiger partial charge in [-0.25, -0.2) is 9.82 Å². The molecule has 8 nitrogen and oxygen atoms in total. The van der Waals surface area contributed by atoms with Gasteiger partial charge < -0.3 is 14.8 Å². The van der Waals surface area contributed by atoms with E-state index >= 15 is 0 Å². The van der Waals surface area contributed by atoms with Gasteiger partial charge in [0, 0.05) is 5.69 Å². The number of nitriles is 1. The first-order valence-corrected chi connectivity index (χ1v) is 11.6. The summed E-state index contributed by atoms with van der Waals surface area (Å²) >= 11 is 3.41. The summed E-state index contributed by atoms with van der Waals surface area (Å²) in [6.07, 6.45) is 1.35. The quantitative estimate of drug-likeness (QED) is 0.288. The Morgan fingerprint density at radius 2 is 1.89 bits per heavy atom. The van der Waals surface area contributed by atoms with Crippen molar-refractivity contribution in [1.29, 1.82) is 5.26 Å². The number of hydrogen-bond donors (Lipinski definition) is 2. The van der Waals surface area contributed by atoms with Crippen LogP contribution in [0.4, 0.5) is 10.1 Å². The lowest BCUT2D eigenvalue weighted by Crippen LogP contribution is -2.20. The molecule has 3 aromatic rings. The van der Waals surface area contributed by atoms with Gasteiger partial charge in [-0.2, -0.15) is 10.4 Å². The van der Waals surface area contributed by atoms with E-state index in [9.17, 15) is 14.0 Å². The zero-order valence-electron chi connectivity index (χ0n) is 19.5. The highest BCUT2D eigenvalue weighted by molar-refractivity contribution is 9.10. The third-order valence-electron chi connectivity index (χ3n) is 4.74. The number of nitrogens with one attached hydrogen (secondary N) is 2. The maximum absolute atomic E-state index is 14.0. The first-order valence-electron chi connectivity index (χ1n) is 10.8. The zero-order chi connectivity index (χ0) is 26.1. The summed E-state index contributed by atoms with van der Waals surface area (Å²) in [6, 6.07) is 16.0. The number of hydrazone groups is 1. The van der Waals surface area contributed by atoms with Crippen molar-refractivity contribution < 1.29 is 23.5 Å². The number of anilines is 1. The molecule has 3 rings (SSSR count). The predicted octanol–water partition coefficient (Wildman–Crippen LogP) is 4.95. The Bertz CT molecular complexity index is 1340. The Balaban J connectivity index is 1.67. The van der Waals surface area contributed by atoms with Crippen LogP contribution in [-0.2, 0) is 4.79 Å². The van der Waals surface area contributed by atoms with Gasteiger partial charge in [0.15, 0.2) is 18.1 Å². The topological polar surface area (TPSA) is 113 Å². The van der Waals surface area contributed by atoms with Crippen molar-refractivity contribution in [3.05, 3.63) is 87.1 Å². The van der Waals surface area contributed by atoms with Gasteiger partial charge in [0.25, 0.3) is 11.8 Å². The van der Waals surface area contributed by atoms with E-state index in [0.29, 0.717) is 33.8 Å². The Labute approximate surface area is 215 Å². The van der Waals surface area contributed by atoms with Crippen LogP contribution >= 0.6 is 15.9 Å². The van der Waals surface area contributed by atoms with Crippen molar-refractivity contribution >= 4 is 39.6 Å². The average Bonchev–Trinajstić information content (AvgIpc) is 2.85. The van der Waals surface area contributed by atoms with Gasteiger partial charge in [0.05, 0.1) is 34.5 Å². The molecule has 0 atom stereocenters. The summed E-state index contributed by atoms with van der Waals surface area (Å²) in [6.45, 7) is 3.85. The lowest BCUT2D eigenvalue weighted by molar-refractivity contribution is -0.118. The van der Waals surface area contributed by atoms with Crippen LogP contribution in [0.15, 0.2) is 64.2 Å². The fraction of sp³-hybridized carbons (Fsp3) is 0.154. The molecule has 2 N–H and O–H groups in total. The number of ether oxygens (including phenoxy) is 2. The zero-order valence-corrected chi connectivity index (χ0v) is 21.1. The molecule has 184 valence electrons. The van der Waals surface area contributed by atoms with Crippen LogP contribution in [0.25, 0.3) is 0 Å². The third-order valence-corrected chi connectivity index (χ3v) is 5.33. The molecule has 3 aromatic carbocycles. The van der Waals surface area contributed by atoms with Crippen LogP contribution in [-0.4, -0.2) is 31.2 Å². The van der Waals surface area contributed by atoms with Crippen LogP contribution < -0.4 is 20.2 Å². The maximum atomic E-state index is 14.0. The molecule has 0 bridgehead atoms. The molecule has 0 spiro atoms. The van der Waals surface area contributed by atoms with E-state index < -0.39 is 11.7 Å². The van der Waals surface area contributed by atoms with Gasteiger partial charge in [-0.05, 0) is 77.8 Å². The fourth-order valence-corrected chi connectivity index (χ4v) is 3.61. The Hall–Kier alpha value is -4.23. The molecule has 0 radical (unpaired) electrons. The highest BCUT2D eigenvalue weighted by Crippen LogP contribution is 2.36. The molecule has 36 heavy (non-hydrogen) atoms. The monoisotopic (exact) mass is 552 g/mol. The molecule has 0 heterocycles. The normalized spacial score (nSPS) is 10.5. The number of nitrogens with zero attached hydrogens (tertiary/aromatic N) is 2. The van der Waals surface area contributed by atoms with Crippen molar-refractivity contribution in [1.82, 2.24) is 5.43 Å². The van der Waals surface area contributed by atoms with Gasteiger partial charge in [-0.1, -0.05) is 17.7 Å². The van der Waals surface area contributed by atoms with Gasteiger partial charge in [0.2, 0.25) is 0 Å². The van der Waals surface area contributed by atoms with Crippen molar-refractivity contribution in [3.8, 4) is 17.6 Å². The summed E-state index contributed by atoms with van der Waals surface area (Å²) in [5.74, 6) is -1.23.